The Balaban J connectivity index is 1.79. The first kappa shape index (κ1) is 11.0. The summed E-state index contributed by atoms with van der Waals surface area (Å²) in [5.74, 6) is 1.89. The molecule has 1 aromatic heterocycles. The van der Waals surface area contributed by atoms with Crippen LogP contribution in [0.1, 0.15) is 75.6 Å². The van der Waals surface area contributed by atoms with Crippen LogP contribution in [0.4, 0.5) is 0 Å². The van der Waals surface area contributed by atoms with Crippen LogP contribution in [-0.4, -0.2) is 16.5 Å². The molecule has 3 atom stereocenters. The smallest absolute Gasteiger partial charge is 0.123 e. The maximum Gasteiger partial charge on any atom is 0.123 e. The van der Waals surface area contributed by atoms with Gasteiger partial charge in [-0.3, -0.25) is 0 Å². The van der Waals surface area contributed by atoms with Crippen molar-refractivity contribution in [3.63, 3.8) is 0 Å². The van der Waals surface area contributed by atoms with Crippen LogP contribution in [0.5, 0.6) is 0 Å². The topological polar surface area (TPSA) is 40.7 Å². The summed E-state index contributed by atoms with van der Waals surface area (Å²) >= 11 is 0. The predicted octanol–water partition coefficient (Wildman–Crippen LogP) is 3.01. The maximum atomic E-state index is 5.00. The number of nitrogens with one attached hydrogen (secondary N) is 2. The van der Waals surface area contributed by atoms with E-state index < -0.39 is 0 Å². The van der Waals surface area contributed by atoms with Crippen molar-refractivity contribution < 1.29 is 0 Å². The molecule has 1 aliphatic heterocycles. The van der Waals surface area contributed by atoms with Gasteiger partial charge in [-0.15, -0.1) is 0 Å². The van der Waals surface area contributed by atoms with Gasteiger partial charge in [0.15, 0.2) is 0 Å². The third-order valence-electron chi connectivity index (χ3n) is 6.24. The average Bonchev–Trinajstić information content (AvgIpc) is 3.02. The standard InChI is InChI=1S/C15H23N3/c1-14(2)9-6-7-15(14,3)12-11(9)17-13(18-12)10-5-4-8-16-10/h9-10,16H,4-8H2,1-3H3,(H,17,18)/t9?,10-,15?/m0/s1. The number of fused-ring (bicyclic) bond motifs is 5. The van der Waals surface area contributed by atoms with Crippen LogP contribution in [0.2, 0.25) is 0 Å². The highest BCUT2D eigenvalue weighted by molar-refractivity contribution is 5.42. The Bertz CT molecular complexity index is 496. The molecule has 2 bridgehead atoms. The molecule has 18 heavy (non-hydrogen) atoms. The highest BCUT2D eigenvalue weighted by Crippen LogP contribution is 2.67. The molecule has 2 fully saturated rings. The van der Waals surface area contributed by atoms with Gasteiger partial charge in [-0.25, -0.2) is 4.98 Å². The van der Waals surface area contributed by atoms with Gasteiger partial charge in [0.25, 0.3) is 0 Å². The number of imidazole rings is 1. The van der Waals surface area contributed by atoms with Crippen LogP contribution in [-0.2, 0) is 5.41 Å². The highest BCUT2D eigenvalue weighted by Gasteiger charge is 2.61. The first-order valence-electron chi connectivity index (χ1n) is 7.38. The number of aromatic amines is 1. The summed E-state index contributed by atoms with van der Waals surface area (Å²) in [6.45, 7) is 8.41. The minimum Gasteiger partial charge on any atom is -0.344 e. The van der Waals surface area contributed by atoms with Crippen molar-refractivity contribution in [1.29, 1.82) is 0 Å². The summed E-state index contributed by atoms with van der Waals surface area (Å²) < 4.78 is 0. The third kappa shape index (κ3) is 1.08. The largest absolute Gasteiger partial charge is 0.344 e. The molecule has 0 amide bonds. The van der Waals surface area contributed by atoms with E-state index in [-0.39, 0.29) is 0 Å². The molecule has 1 saturated carbocycles. The Morgan fingerprint density at radius 1 is 1.22 bits per heavy atom. The second kappa shape index (κ2) is 3.19. The second-order valence-corrected chi connectivity index (χ2v) is 7.18. The van der Waals surface area contributed by atoms with Gasteiger partial charge in [0.1, 0.15) is 5.82 Å². The van der Waals surface area contributed by atoms with Gasteiger partial charge in [-0.1, -0.05) is 20.8 Å². The van der Waals surface area contributed by atoms with Gasteiger partial charge in [0.05, 0.1) is 11.7 Å². The number of rotatable bonds is 1. The van der Waals surface area contributed by atoms with Crippen molar-refractivity contribution in [3.8, 4) is 0 Å². The molecule has 2 aliphatic carbocycles. The number of nitrogens with zero attached hydrogens (tertiary/aromatic N) is 1. The molecule has 0 aromatic carbocycles. The van der Waals surface area contributed by atoms with Gasteiger partial charge < -0.3 is 10.3 Å². The normalized spacial score (nSPS) is 40.4. The Kier molecular flexibility index (Phi) is 1.95. The van der Waals surface area contributed by atoms with Crippen molar-refractivity contribution >= 4 is 0 Å². The van der Waals surface area contributed by atoms with Crippen molar-refractivity contribution in [2.75, 3.05) is 6.54 Å². The second-order valence-electron chi connectivity index (χ2n) is 7.18. The quantitative estimate of drug-likeness (QED) is 0.798. The van der Waals surface area contributed by atoms with E-state index in [4.69, 9.17) is 4.98 Å². The monoisotopic (exact) mass is 245 g/mol. The summed E-state index contributed by atoms with van der Waals surface area (Å²) in [6.07, 6.45) is 5.15. The van der Waals surface area contributed by atoms with Crippen molar-refractivity contribution in [3.05, 3.63) is 17.2 Å². The first-order chi connectivity index (χ1) is 8.54. The summed E-state index contributed by atoms with van der Waals surface area (Å²) in [5.41, 5.74) is 3.51. The summed E-state index contributed by atoms with van der Waals surface area (Å²) in [5, 5.41) is 3.55. The lowest BCUT2D eigenvalue weighted by Crippen LogP contribution is -2.32. The van der Waals surface area contributed by atoms with Crippen LogP contribution in [0.25, 0.3) is 0 Å². The summed E-state index contributed by atoms with van der Waals surface area (Å²) in [7, 11) is 0. The van der Waals surface area contributed by atoms with Gasteiger partial charge in [-0.2, -0.15) is 0 Å². The SMILES string of the molecule is CC12CCC(c3[nH]c([C@@H]4CCCN4)nc31)C2(C)C. The molecule has 1 saturated heterocycles. The fourth-order valence-electron chi connectivity index (χ4n) is 4.59. The molecule has 0 radical (unpaired) electrons. The minimum atomic E-state index is 0.292. The first-order valence-corrected chi connectivity index (χ1v) is 7.38. The zero-order chi connectivity index (χ0) is 12.5. The maximum absolute atomic E-state index is 5.00. The van der Waals surface area contributed by atoms with Crippen molar-refractivity contribution in [2.45, 2.75) is 63.8 Å². The lowest BCUT2D eigenvalue weighted by molar-refractivity contribution is 0.225. The molecule has 2 heterocycles. The molecule has 2 N–H and O–H groups in total. The van der Waals surface area contributed by atoms with Crippen LogP contribution >= 0.6 is 0 Å². The van der Waals surface area contributed by atoms with Gasteiger partial charge >= 0.3 is 0 Å². The predicted molar refractivity (Wildman–Crippen MR) is 71.7 cm³/mol. The van der Waals surface area contributed by atoms with E-state index in [2.05, 4.69) is 31.1 Å². The Labute approximate surface area is 109 Å². The van der Waals surface area contributed by atoms with Gasteiger partial charge in [0, 0.05) is 17.0 Å². The van der Waals surface area contributed by atoms with E-state index in [9.17, 15) is 0 Å². The van der Waals surface area contributed by atoms with E-state index in [1.807, 2.05) is 0 Å². The molecule has 1 aromatic rings. The summed E-state index contributed by atoms with van der Waals surface area (Å²) in [6, 6.07) is 0.474. The zero-order valence-electron chi connectivity index (χ0n) is 11.6. The van der Waals surface area contributed by atoms with E-state index >= 15 is 0 Å². The van der Waals surface area contributed by atoms with E-state index in [1.165, 1.54) is 42.9 Å². The average molecular weight is 245 g/mol. The summed E-state index contributed by atoms with van der Waals surface area (Å²) in [4.78, 5) is 8.68. The lowest BCUT2D eigenvalue weighted by atomic mass is 9.70. The lowest BCUT2D eigenvalue weighted by Gasteiger charge is -2.34. The molecule has 3 aliphatic rings. The number of H-pyrrole nitrogens is 1. The van der Waals surface area contributed by atoms with Crippen molar-refractivity contribution in [1.82, 2.24) is 15.3 Å². The molecule has 2 unspecified atom stereocenters. The number of aromatic nitrogens is 2. The van der Waals surface area contributed by atoms with Crippen LogP contribution in [0.15, 0.2) is 0 Å². The molecule has 0 spiro atoms. The Hall–Kier alpha value is -0.830. The highest BCUT2D eigenvalue weighted by atomic mass is 15.1. The number of hydrogen-bond acceptors (Lipinski definition) is 2. The molecular weight excluding hydrogens is 222 g/mol. The van der Waals surface area contributed by atoms with Crippen molar-refractivity contribution in [2.24, 2.45) is 5.41 Å². The van der Waals surface area contributed by atoms with Crippen LogP contribution in [0, 0.1) is 5.41 Å². The molecule has 4 rings (SSSR count). The van der Waals surface area contributed by atoms with Gasteiger partial charge in [0.2, 0.25) is 0 Å². The van der Waals surface area contributed by atoms with Crippen LogP contribution in [0.3, 0.4) is 0 Å². The Morgan fingerprint density at radius 2 is 2.06 bits per heavy atom. The van der Waals surface area contributed by atoms with Crippen LogP contribution < -0.4 is 5.32 Å². The van der Waals surface area contributed by atoms with E-state index in [0.29, 0.717) is 22.8 Å². The minimum absolute atomic E-state index is 0.292. The molecule has 98 valence electrons. The number of hydrogen-bond donors (Lipinski definition) is 2. The molecule has 3 nitrogen and oxygen atoms in total. The third-order valence-corrected chi connectivity index (χ3v) is 6.24. The zero-order valence-corrected chi connectivity index (χ0v) is 11.6. The van der Waals surface area contributed by atoms with E-state index in [1.54, 1.807) is 0 Å². The fourth-order valence-corrected chi connectivity index (χ4v) is 4.59. The Morgan fingerprint density at radius 3 is 2.72 bits per heavy atom. The molecule has 3 heteroatoms. The fraction of sp³-hybridized carbons (Fsp3) is 0.800. The van der Waals surface area contributed by atoms with Gasteiger partial charge in [-0.05, 0) is 37.6 Å². The van der Waals surface area contributed by atoms with E-state index in [0.717, 1.165) is 6.54 Å². The molecular formula is C15H23N3.